The zero-order valence-electron chi connectivity index (χ0n) is 21.1. The molecule has 0 spiro atoms. The van der Waals surface area contributed by atoms with Gasteiger partial charge in [-0.05, 0) is 81.0 Å². The summed E-state index contributed by atoms with van der Waals surface area (Å²) in [4.78, 5) is 15.4. The molecule has 3 fully saturated rings. The maximum atomic E-state index is 13.5. The fourth-order valence-electron chi connectivity index (χ4n) is 6.57. The van der Waals surface area contributed by atoms with Crippen LogP contribution in [0.5, 0.6) is 11.5 Å². The smallest absolute Gasteiger partial charge is 0.319 e. The van der Waals surface area contributed by atoms with Crippen LogP contribution in [0.1, 0.15) is 44.1 Å². The van der Waals surface area contributed by atoms with E-state index in [1.807, 2.05) is 6.07 Å². The van der Waals surface area contributed by atoms with Gasteiger partial charge in [0.2, 0.25) is 0 Å². The SMILES string of the molecule is COc1ccc(C23CCC(NC(=O)Nc4cccc(F)c4)CC2N(C2CCOCC2)CC3)cc1OC. The average molecular weight is 498 g/mol. The Morgan fingerprint density at radius 3 is 2.61 bits per heavy atom. The van der Waals surface area contributed by atoms with E-state index in [4.69, 9.17) is 14.2 Å². The third-order valence-corrected chi connectivity index (χ3v) is 8.34. The highest BCUT2D eigenvalue weighted by Crippen LogP contribution is 2.51. The predicted molar refractivity (Wildman–Crippen MR) is 136 cm³/mol. The van der Waals surface area contributed by atoms with Crippen LogP contribution in [0.2, 0.25) is 0 Å². The molecule has 1 aliphatic carbocycles. The Kier molecular flexibility index (Phi) is 7.34. The molecule has 0 radical (unpaired) electrons. The van der Waals surface area contributed by atoms with Crippen LogP contribution in [0.15, 0.2) is 42.5 Å². The minimum Gasteiger partial charge on any atom is -0.493 e. The van der Waals surface area contributed by atoms with Gasteiger partial charge in [-0.2, -0.15) is 0 Å². The number of nitrogens with zero attached hydrogens (tertiary/aromatic N) is 1. The molecule has 2 amide bonds. The Balaban J connectivity index is 1.37. The Bertz CT molecular complexity index is 1080. The van der Waals surface area contributed by atoms with Crippen molar-refractivity contribution in [1.29, 1.82) is 0 Å². The molecule has 2 aromatic rings. The van der Waals surface area contributed by atoms with Gasteiger partial charge in [-0.15, -0.1) is 0 Å². The van der Waals surface area contributed by atoms with Gasteiger partial charge >= 0.3 is 6.03 Å². The van der Waals surface area contributed by atoms with E-state index in [0.29, 0.717) is 17.8 Å². The van der Waals surface area contributed by atoms with Crippen molar-refractivity contribution in [2.45, 2.75) is 62.1 Å². The molecule has 8 heteroatoms. The molecule has 2 heterocycles. The fourth-order valence-corrected chi connectivity index (χ4v) is 6.57. The van der Waals surface area contributed by atoms with E-state index in [-0.39, 0.29) is 23.3 Å². The van der Waals surface area contributed by atoms with E-state index in [0.717, 1.165) is 69.8 Å². The number of urea groups is 1. The molecule has 3 atom stereocenters. The van der Waals surface area contributed by atoms with Gasteiger partial charge in [-0.1, -0.05) is 12.1 Å². The number of carbonyl (C=O) groups excluding carboxylic acids is 1. The minimum atomic E-state index is -0.372. The molecule has 0 aromatic heterocycles. The number of likely N-dealkylation sites (tertiary alicyclic amines) is 1. The number of hydrogen-bond donors (Lipinski definition) is 2. The van der Waals surface area contributed by atoms with E-state index in [1.165, 1.54) is 17.7 Å². The van der Waals surface area contributed by atoms with Gasteiger partial charge in [0, 0.05) is 42.4 Å². The Morgan fingerprint density at radius 2 is 1.86 bits per heavy atom. The predicted octanol–water partition coefficient (Wildman–Crippen LogP) is 4.71. The third kappa shape index (κ3) is 4.89. The van der Waals surface area contributed by atoms with Gasteiger partial charge in [-0.3, -0.25) is 4.90 Å². The van der Waals surface area contributed by atoms with Crippen molar-refractivity contribution in [2.24, 2.45) is 0 Å². The van der Waals surface area contributed by atoms with E-state index >= 15 is 0 Å². The number of hydrogen-bond acceptors (Lipinski definition) is 5. The molecule has 2 aromatic carbocycles. The number of carbonyl (C=O) groups is 1. The first-order valence-electron chi connectivity index (χ1n) is 12.9. The Morgan fingerprint density at radius 1 is 1.06 bits per heavy atom. The number of nitrogens with one attached hydrogen (secondary N) is 2. The van der Waals surface area contributed by atoms with Crippen molar-refractivity contribution in [3.8, 4) is 11.5 Å². The quantitative estimate of drug-likeness (QED) is 0.605. The third-order valence-electron chi connectivity index (χ3n) is 8.34. The van der Waals surface area contributed by atoms with Crippen molar-refractivity contribution in [2.75, 3.05) is 39.3 Å². The molecule has 7 nitrogen and oxygen atoms in total. The monoisotopic (exact) mass is 497 g/mol. The fraction of sp³-hybridized carbons (Fsp3) is 0.536. The summed E-state index contributed by atoms with van der Waals surface area (Å²) in [5.41, 5.74) is 1.73. The lowest BCUT2D eigenvalue weighted by Gasteiger charge is -2.47. The zero-order valence-corrected chi connectivity index (χ0v) is 21.1. The van der Waals surface area contributed by atoms with Crippen LogP contribution in [0.4, 0.5) is 14.9 Å². The maximum Gasteiger partial charge on any atom is 0.319 e. The molecule has 2 N–H and O–H groups in total. The van der Waals surface area contributed by atoms with Crippen LogP contribution in [0, 0.1) is 5.82 Å². The number of ether oxygens (including phenoxy) is 3. The summed E-state index contributed by atoms with van der Waals surface area (Å²) in [6.07, 6.45) is 5.86. The highest BCUT2D eigenvalue weighted by Gasteiger charge is 2.53. The number of rotatable bonds is 6. The van der Waals surface area contributed by atoms with Gasteiger partial charge in [0.05, 0.1) is 14.2 Å². The molecule has 5 rings (SSSR count). The summed E-state index contributed by atoms with van der Waals surface area (Å²) in [6, 6.07) is 12.8. The van der Waals surface area contributed by atoms with Crippen LogP contribution in [0.3, 0.4) is 0 Å². The molecule has 3 aliphatic rings. The van der Waals surface area contributed by atoms with Crippen LogP contribution in [-0.4, -0.2) is 63.0 Å². The molecule has 2 aliphatic heterocycles. The summed E-state index contributed by atoms with van der Waals surface area (Å²) in [6.45, 7) is 2.63. The second kappa shape index (κ2) is 10.6. The number of methoxy groups -OCH3 is 2. The topological polar surface area (TPSA) is 72.1 Å². The molecule has 1 saturated carbocycles. The van der Waals surface area contributed by atoms with Crippen LogP contribution < -0.4 is 20.1 Å². The van der Waals surface area contributed by atoms with Crippen LogP contribution in [0.25, 0.3) is 0 Å². The van der Waals surface area contributed by atoms with E-state index in [9.17, 15) is 9.18 Å². The molecule has 194 valence electrons. The van der Waals surface area contributed by atoms with Crippen molar-refractivity contribution < 1.29 is 23.4 Å². The van der Waals surface area contributed by atoms with Crippen molar-refractivity contribution >= 4 is 11.7 Å². The lowest BCUT2D eigenvalue weighted by atomic mass is 9.65. The summed E-state index contributed by atoms with van der Waals surface area (Å²) in [5.74, 6) is 1.11. The number of halogens is 1. The second-order valence-electron chi connectivity index (χ2n) is 10.2. The normalized spacial score (nSPS) is 26.8. The molecule has 2 saturated heterocycles. The number of fused-ring (bicyclic) bond motifs is 1. The number of anilines is 1. The Hall–Kier alpha value is -2.84. The van der Waals surface area contributed by atoms with Crippen molar-refractivity contribution in [3.63, 3.8) is 0 Å². The lowest BCUT2D eigenvalue weighted by molar-refractivity contribution is 0.0143. The summed E-state index contributed by atoms with van der Waals surface area (Å²) < 4.78 is 30.3. The first-order valence-corrected chi connectivity index (χ1v) is 12.9. The summed E-state index contributed by atoms with van der Waals surface area (Å²) in [5, 5.41) is 5.95. The highest BCUT2D eigenvalue weighted by molar-refractivity contribution is 5.89. The molecular formula is C28H36FN3O4. The molecule has 36 heavy (non-hydrogen) atoms. The van der Waals surface area contributed by atoms with Crippen LogP contribution >= 0.6 is 0 Å². The van der Waals surface area contributed by atoms with Gasteiger partial charge < -0.3 is 24.8 Å². The summed E-state index contributed by atoms with van der Waals surface area (Å²) >= 11 is 0. The largest absolute Gasteiger partial charge is 0.493 e. The zero-order chi connectivity index (χ0) is 25.1. The number of benzene rings is 2. The van der Waals surface area contributed by atoms with E-state index in [2.05, 4.69) is 27.7 Å². The minimum absolute atomic E-state index is 0.00489. The first-order chi connectivity index (χ1) is 17.5. The Labute approximate surface area is 212 Å². The highest BCUT2D eigenvalue weighted by atomic mass is 19.1. The van der Waals surface area contributed by atoms with Gasteiger partial charge in [-0.25, -0.2) is 9.18 Å². The lowest BCUT2D eigenvalue weighted by Crippen LogP contribution is -2.55. The van der Waals surface area contributed by atoms with Crippen molar-refractivity contribution in [3.05, 3.63) is 53.8 Å². The van der Waals surface area contributed by atoms with Crippen LogP contribution in [-0.2, 0) is 10.2 Å². The van der Waals surface area contributed by atoms with Crippen molar-refractivity contribution in [1.82, 2.24) is 10.2 Å². The van der Waals surface area contributed by atoms with Gasteiger partial charge in [0.15, 0.2) is 11.5 Å². The van der Waals surface area contributed by atoms with E-state index in [1.54, 1.807) is 26.4 Å². The average Bonchev–Trinajstić information content (AvgIpc) is 3.28. The number of amides is 2. The molecule has 0 bridgehead atoms. The standard InChI is InChI=1S/C28H36FN3O4/c1-34-24-7-6-19(16-25(24)35-2)28-11-8-22(31-27(33)30-21-5-3-4-20(29)17-21)18-26(28)32(13-12-28)23-9-14-36-15-10-23/h3-7,16-17,22-23,26H,8-15,18H2,1-2H3,(H2,30,31,33). The van der Waals surface area contributed by atoms with E-state index < -0.39 is 0 Å². The molecular weight excluding hydrogens is 461 g/mol. The summed E-state index contributed by atoms with van der Waals surface area (Å²) in [7, 11) is 3.34. The molecule has 3 unspecified atom stereocenters. The maximum absolute atomic E-state index is 13.5. The second-order valence-corrected chi connectivity index (χ2v) is 10.2. The first kappa shape index (κ1) is 24.8. The van der Waals surface area contributed by atoms with Gasteiger partial charge in [0.1, 0.15) is 5.82 Å². The van der Waals surface area contributed by atoms with Gasteiger partial charge in [0.25, 0.3) is 0 Å².